The zero-order valence-corrected chi connectivity index (χ0v) is 8.99. The molecular weight excluding hydrogens is 188 g/mol. The maximum absolute atomic E-state index is 11.0. The zero-order valence-electron chi connectivity index (χ0n) is 8.99. The molecule has 0 amide bonds. The number of ketones is 1. The molecule has 0 atom stereocenters. The van der Waals surface area contributed by atoms with Crippen LogP contribution in [0.3, 0.4) is 0 Å². The summed E-state index contributed by atoms with van der Waals surface area (Å²) in [5.74, 6) is 0.0994. The van der Waals surface area contributed by atoms with E-state index in [2.05, 4.69) is 0 Å². The van der Waals surface area contributed by atoms with Crippen molar-refractivity contribution in [2.45, 2.75) is 38.2 Å². The van der Waals surface area contributed by atoms with Crippen molar-refractivity contribution in [2.24, 2.45) is 0 Å². The van der Waals surface area contributed by atoms with Gasteiger partial charge in [-0.1, -0.05) is 24.3 Å². The number of carbonyl (C=O) groups excluding carboxylic acids is 1. The second-order valence-corrected chi connectivity index (χ2v) is 4.48. The maximum atomic E-state index is 11.0. The van der Waals surface area contributed by atoms with Crippen molar-refractivity contribution in [3.8, 4) is 0 Å². The highest BCUT2D eigenvalue weighted by atomic mass is 16.3. The van der Waals surface area contributed by atoms with Crippen LogP contribution in [0.1, 0.15) is 42.1 Å². The molecule has 1 fully saturated rings. The van der Waals surface area contributed by atoms with Gasteiger partial charge < -0.3 is 5.11 Å². The van der Waals surface area contributed by atoms with Crippen molar-refractivity contribution < 1.29 is 9.90 Å². The fraction of sp³-hybridized carbons (Fsp3) is 0.462. The Kier molecular flexibility index (Phi) is 2.61. The molecule has 0 heterocycles. The smallest absolute Gasteiger partial charge is 0.159 e. The van der Waals surface area contributed by atoms with Gasteiger partial charge in [-0.05, 0) is 38.2 Å². The summed E-state index contributed by atoms with van der Waals surface area (Å²) in [5.41, 5.74) is 1.57. The molecule has 0 unspecified atom stereocenters. The summed E-state index contributed by atoms with van der Waals surface area (Å²) in [4.78, 5) is 11.0. The fourth-order valence-electron chi connectivity index (χ4n) is 1.68. The Morgan fingerprint density at radius 1 is 1.33 bits per heavy atom. The van der Waals surface area contributed by atoms with Gasteiger partial charge in [0.2, 0.25) is 0 Å². The summed E-state index contributed by atoms with van der Waals surface area (Å²) in [6, 6.07) is 7.66. The Hall–Kier alpha value is -1.15. The Morgan fingerprint density at radius 2 is 1.93 bits per heavy atom. The van der Waals surface area contributed by atoms with Gasteiger partial charge >= 0.3 is 0 Å². The van der Waals surface area contributed by atoms with E-state index in [4.69, 9.17) is 0 Å². The SMILES string of the molecule is CC(=O)c1ccc(CCC2(O)CC2)cc1. The summed E-state index contributed by atoms with van der Waals surface area (Å²) in [6.45, 7) is 1.57. The lowest BCUT2D eigenvalue weighted by molar-refractivity contribution is 0.101. The third kappa shape index (κ3) is 2.66. The first kappa shape index (κ1) is 10.4. The lowest BCUT2D eigenvalue weighted by atomic mass is 10.0. The number of benzene rings is 1. The molecule has 0 aliphatic heterocycles. The van der Waals surface area contributed by atoms with Crippen molar-refractivity contribution in [2.75, 3.05) is 0 Å². The van der Waals surface area contributed by atoms with Gasteiger partial charge in [0.15, 0.2) is 5.78 Å². The number of aryl methyl sites for hydroxylation is 1. The lowest BCUT2D eigenvalue weighted by Gasteiger charge is -2.07. The molecule has 0 aromatic heterocycles. The summed E-state index contributed by atoms with van der Waals surface area (Å²) >= 11 is 0. The van der Waals surface area contributed by atoms with E-state index in [0.29, 0.717) is 0 Å². The maximum Gasteiger partial charge on any atom is 0.159 e. The quantitative estimate of drug-likeness (QED) is 0.764. The van der Waals surface area contributed by atoms with Crippen molar-refractivity contribution >= 4 is 5.78 Å². The van der Waals surface area contributed by atoms with E-state index in [1.165, 1.54) is 5.56 Å². The molecule has 0 saturated heterocycles. The van der Waals surface area contributed by atoms with E-state index in [1.807, 2.05) is 24.3 Å². The van der Waals surface area contributed by atoms with E-state index in [-0.39, 0.29) is 11.4 Å². The molecule has 80 valence electrons. The lowest BCUT2D eigenvalue weighted by Crippen LogP contribution is -2.07. The van der Waals surface area contributed by atoms with Gasteiger partial charge in [-0.15, -0.1) is 0 Å². The molecule has 2 heteroatoms. The summed E-state index contributed by atoms with van der Waals surface area (Å²) in [7, 11) is 0. The molecule has 1 N–H and O–H groups in total. The molecule has 0 spiro atoms. The van der Waals surface area contributed by atoms with Crippen LogP contribution in [0, 0.1) is 0 Å². The number of hydrogen-bond acceptors (Lipinski definition) is 2. The Morgan fingerprint density at radius 3 is 2.40 bits per heavy atom. The van der Waals surface area contributed by atoms with Crippen molar-refractivity contribution in [3.63, 3.8) is 0 Å². The van der Waals surface area contributed by atoms with Gasteiger partial charge in [-0.2, -0.15) is 0 Å². The third-order valence-corrected chi connectivity index (χ3v) is 3.07. The van der Waals surface area contributed by atoms with Gasteiger partial charge in [0, 0.05) is 5.56 Å². The molecule has 0 radical (unpaired) electrons. The minimum absolute atomic E-state index is 0.0994. The standard InChI is InChI=1S/C13H16O2/c1-10(14)12-4-2-11(3-5-12)6-7-13(15)8-9-13/h2-5,15H,6-9H2,1H3. The van der Waals surface area contributed by atoms with Crippen LogP contribution in [-0.2, 0) is 6.42 Å². The fourth-order valence-corrected chi connectivity index (χ4v) is 1.68. The van der Waals surface area contributed by atoms with Gasteiger partial charge in [-0.3, -0.25) is 4.79 Å². The number of carbonyl (C=O) groups is 1. The van der Waals surface area contributed by atoms with E-state index >= 15 is 0 Å². The average molecular weight is 204 g/mol. The van der Waals surface area contributed by atoms with Crippen LogP contribution in [0.5, 0.6) is 0 Å². The summed E-state index contributed by atoms with van der Waals surface area (Å²) < 4.78 is 0. The number of hydrogen-bond donors (Lipinski definition) is 1. The minimum Gasteiger partial charge on any atom is -0.390 e. The number of aliphatic hydroxyl groups is 1. The minimum atomic E-state index is -0.376. The van der Waals surface area contributed by atoms with Crippen LogP contribution < -0.4 is 0 Å². The van der Waals surface area contributed by atoms with Crippen molar-refractivity contribution in [3.05, 3.63) is 35.4 Å². The third-order valence-electron chi connectivity index (χ3n) is 3.07. The normalized spacial score (nSPS) is 17.5. The second kappa shape index (κ2) is 3.78. The van der Waals surface area contributed by atoms with Gasteiger partial charge in [0.1, 0.15) is 0 Å². The molecule has 1 aliphatic carbocycles. The van der Waals surface area contributed by atoms with Crippen LogP contribution in [0.4, 0.5) is 0 Å². The Bertz CT molecular complexity index is 361. The zero-order chi connectivity index (χ0) is 10.9. The molecular formula is C13H16O2. The molecule has 15 heavy (non-hydrogen) atoms. The predicted octanol–water partition coefficient (Wildman–Crippen LogP) is 2.35. The van der Waals surface area contributed by atoms with Crippen LogP contribution in [0.2, 0.25) is 0 Å². The Labute approximate surface area is 89.9 Å². The van der Waals surface area contributed by atoms with Crippen molar-refractivity contribution in [1.82, 2.24) is 0 Å². The van der Waals surface area contributed by atoms with Crippen molar-refractivity contribution in [1.29, 1.82) is 0 Å². The highest BCUT2D eigenvalue weighted by molar-refractivity contribution is 5.93. The molecule has 0 bridgehead atoms. The van der Waals surface area contributed by atoms with Crippen LogP contribution >= 0.6 is 0 Å². The van der Waals surface area contributed by atoms with E-state index in [0.717, 1.165) is 31.2 Å². The highest BCUT2D eigenvalue weighted by Crippen LogP contribution is 2.39. The van der Waals surface area contributed by atoms with E-state index in [1.54, 1.807) is 6.92 Å². The van der Waals surface area contributed by atoms with Gasteiger partial charge in [-0.25, -0.2) is 0 Å². The molecule has 1 aromatic carbocycles. The molecule has 2 nitrogen and oxygen atoms in total. The van der Waals surface area contributed by atoms with E-state index in [9.17, 15) is 9.90 Å². The van der Waals surface area contributed by atoms with E-state index < -0.39 is 0 Å². The van der Waals surface area contributed by atoms with Gasteiger partial charge in [0.25, 0.3) is 0 Å². The van der Waals surface area contributed by atoms with Crippen LogP contribution in [0.25, 0.3) is 0 Å². The second-order valence-electron chi connectivity index (χ2n) is 4.48. The molecule has 1 saturated carbocycles. The first-order valence-corrected chi connectivity index (χ1v) is 5.41. The predicted molar refractivity (Wildman–Crippen MR) is 59.0 cm³/mol. The van der Waals surface area contributed by atoms with Crippen LogP contribution in [-0.4, -0.2) is 16.5 Å². The first-order chi connectivity index (χ1) is 7.09. The molecule has 1 aliphatic rings. The van der Waals surface area contributed by atoms with Crippen LogP contribution in [0.15, 0.2) is 24.3 Å². The molecule has 1 aromatic rings. The Balaban J connectivity index is 1.95. The monoisotopic (exact) mass is 204 g/mol. The van der Waals surface area contributed by atoms with Gasteiger partial charge in [0.05, 0.1) is 5.60 Å². The molecule has 2 rings (SSSR count). The number of Topliss-reactive ketones (excluding diaryl/α,β-unsaturated/α-hetero) is 1. The first-order valence-electron chi connectivity index (χ1n) is 5.41. The summed E-state index contributed by atoms with van der Waals surface area (Å²) in [6.07, 6.45) is 3.62. The average Bonchev–Trinajstić information content (AvgIpc) is 2.95. The largest absolute Gasteiger partial charge is 0.390 e. The number of rotatable bonds is 4. The summed E-state index contributed by atoms with van der Waals surface area (Å²) in [5, 5.41) is 9.68. The highest BCUT2D eigenvalue weighted by Gasteiger charge is 2.39. The topological polar surface area (TPSA) is 37.3 Å².